The molecule has 0 fully saturated rings. The Hall–Kier alpha value is -2.56. The van der Waals surface area contributed by atoms with E-state index < -0.39 is 0 Å². The molecule has 2 aromatic heterocycles. The number of pyridine rings is 1. The lowest BCUT2D eigenvalue weighted by Gasteiger charge is -2.01. The zero-order chi connectivity index (χ0) is 13.2. The van der Waals surface area contributed by atoms with Crippen LogP contribution in [0.5, 0.6) is 0 Å². The maximum absolute atomic E-state index is 12.2. The molecule has 0 N–H and O–H groups in total. The molecule has 0 unspecified atom stereocenters. The second-order valence-electron chi connectivity index (χ2n) is 4.39. The van der Waals surface area contributed by atoms with Crippen molar-refractivity contribution in [3.8, 4) is 0 Å². The quantitative estimate of drug-likeness (QED) is 0.667. The van der Waals surface area contributed by atoms with Crippen LogP contribution in [-0.4, -0.2) is 25.8 Å². The van der Waals surface area contributed by atoms with E-state index in [0.29, 0.717) is 11.3 Å². The van der Waals surface area contributed by atoms with Crippen molar-refractivity contribution in [1.29, 1.82) is 0 Å². The number of Topliss-reactive ketones (excluding diaryl/α,β-unsaturated/α-hetero) is 1. The van der Waals surface area contributed by atoms with Gasteiger partial charge in [-0.3, -0.25) is 14.5 Å². The molecule has 5 nitrogen and oxygen atoms in total. The van der Waals surface area contributed by atoms with Crippen LogP contribution < -0.4 is 0 Å². The number of ketones is 1. The van der Waals surface area contributed by atoms with Gasteiger partial charge in [0, 0.05) is 30.4 Å². The molecular formula is C14H12N4O. The van der Waals surface area contributed by atoms with Crippen LogP contribution in [0.15, 0.2) is 42.7 Å². The van der Waals surface area contributed by atoms with Crippen LogP contribution in [0.4, 0.5) is 0 Å². The number of hydrogen-bond acceptors (Lipinski definition) is 4. The lowest BCUT2D eigenvalue weighted by molar-refractivity contribution is 0.0992. The molecule has 0 spiro atoms. The molecular weight excluding hydrogens is 240 g/mol. The molecule has 5 heteroatoms. The molecule has 0 saturated carbocycles. The smallest absolute Gasteiger partial charge is 0.168 e. The summed E-state index contributed by atoms with van der Waals surface area (Å²) in [6.07, 6.45) is 3.75. The predicted octanol–water partition coefficient (Wildman–Crippen LogP) is 1.79. The molecule has 1 aromatic carbocycles. The zero-order valence-corrected chi connectivity index (χ0v) is 10.4. The molecule has 0 radical (unpaired) electrons. The minimum Gasteiger partial charge on any atom is -0.294 e. The molecule has 0 aliphatic carbocycles. The highest BCUT2D eigenvalue weighted by molar-refractivity contribution is 6.00. The molecule has 0 atom stereocenters. The Labute approximate surface area is 109 Å². The fourth-order valence-electron chi connectivity index (χ4n) is 1.99. The third-order valence-electron chi connectivity index (χ3n) is 2.92. The fourth-order valence-corrected chi connectivity index (χ4v) is 1.99. The van der Waals surface area contributed by atoms with Crippen molar-refractivity contribution >= 4 is 16.7 Å². The number of hydrogen-bond donors (Lipinski definition) is 0. The molecule has 0 bridgehead atoms. The Kier molecular flexibility index (Phi) is 2.79. The summed E-state index contributed by atoms with van der Waals surface area (Å²) in [4.78, 5) is 16.4. The van der Waals surface area contributed by atoms with Crippen molar-refractivity contribution in [2.45, 2.75) is 6.42 Å². The van der Waals surface area contributed by atoms with Gasteiger partial charge in [-0.2, -0.15) is 0 Å². The number of carbonyl (C=O) groups excluding carboxylic acids is 1. The van der Waals surface area contributed by atoms with Gasteiger partial charge in [-0.25, -0.2) is 0 Å². The van der Waals surface area contributed by atoms with Crippen molar-refractivity contribution in [3.05, 3.63) is 54.0 Å². The van der Waals surface area contributed by atoms with Gasteiger partial charge in [-0.05, 0) is 24.3 Å². The van der Waals surface area contributed by atoms with Crippen molar-refractivity contribution < 1.29 is 4.79 Å². The van der Waals surface area contributed by atoms with Crippen molar-refractivity contribution in [2.24, 2.45) is 7.05 Å². The van der Waals surface area contributed by atoms with E-state index >= 15 is 0 Å². The fraction of sp³-hybridized carbons (Fsp3) is 0.143. The third-order valence-corrected chi connectivity index (χ3v) is 2.92. The molecule has 19 heavy (non-hydrogen) atoms. The largest absolute Gasteiger partial charge is 0.294 e. The first-order chi connectivity index (χ1) is 9.22. The van der Waals surface area contributed by atoms with Gasteiger partial charge < -0.3 is 0 Å². The van der Waals surface area contributed by atoms with Crippen LogP contribution in [0.2, 0.25) is 0 Å². The summed E-state index contributed by atoms with van der Waals surface area (Å²) in [5, 5.41) is 8.71. The maximum atomic E-state index is 12.2. The van der Waals surface area contributed by atoms with E-state index in [2.05, 4.69) is 15.3 Å². The number of nitrogens with zero attached hydrogens (tertiary/aromatic N) is 4. The van der Waals surface area contributed by atoms with Gasteiger partial charge in [0.05, 0.1) is 17.6 Å². The van der Waals surface area contributed by atoms with E-state index in [1.807, 2.05) is 24.3 Å². The van der Waals surface area contributed by atoms with Gasteiger partial charge in [0.25, 0.3) is 0 Å². The lowest BCUT2D eigenvalue weighted by Crippen LogP contribution is -2.04. The molecule has 0 amide bonds. The number of rotatable bonds is 3. The van der Waals surface area contributed by atoms with E-state index in [-0.39, 0.29) is 12.2 Å². The second kappa shape index (κ2) is 4.61. The standard InChI is InChI=1S/C14H12N4O/c1-18-9-12(16-17-18)8-14(19)11-4-5-13-10(7-11)3-2-6-15-13/h2-7,9H,8H2,1H3. The van der Waals surface area contributed by atoms with Crippen molar-refractivity contribution in [3.63, 3.8) is 0 Å². The van der Waals surface area contributed by atoms with Crippen LogP contribution in [-0.2, 0) is 13.5 Å². The minimum atomic E-state index is 0.0336. The molecule has 3 rings (SSSR count). The number of fused-ring (bicyclic) bond motifs is 1. The van der Waals surface area contributed by atoms with Crippen molar-refractivity contribution in [1.82, 2.24) is 20.0 Å². The maximum Gasteiger partial charge on any atom is 0.168 e. The summed E-state index contributed by atoms with van der Waals surface area (Å²) >= 11 is 0. The van der Waals surface area contributed by atoms with Gasteiger partial charge in [-0.1, -0.05) is 11.3 Å². The van der Waals surface area contributed by atoms with Crippen LogP contribution in [0.25, 0.3) is 10.9 Å². The topological polar surface area (TPSA) is 60.7 Å². The third kappa shape index (κ3) is 2.35. The average molecular weight is 252 g/mol. The van der Waals surface area contributed by atoms with E-state index in [1.54, 1.807) is 30.2 Å². The Morgan fingerprint density at radius 2 is 2.21 bits per heavy atom. The second-order valence-corrected chi connectivity index (χ2v) is 4.39. The summed E-state index contributed by atoms with van der Waals surface area (Å²) in [6, 6.07) is 9.33. The summed E-state index contributed by atoms with van der Waals surface area (Å²) < 4.78 is 1.59. The van der Waals surface area contributed by atoms with E-state index in [0.717, 1.165) is 10.9 Å². The van der Waals surface area contributed by atoms with Crippen LogP contribution in [0, 0.1) is 0 Å². The first-order valence-electron chi connectivity index (χ1n) is 5.95. The van der Waals surface area contributed by atoms with E-state index in [9.17, 15) is 4.79 Å². The highest BCUT2D eigenvalue weighted by atomic mass is 16.1. The number of benzene rings is 1. The zero-order valence-electron chi connectivity index (χ0n) is 10.4. The number of aromatic nitrogens is 4. The Bertz CT molecular complexity index is 748. The first-order valence-corrected chi connectivity index (χ1v) is 5.95. The molecule has 0 saturated heterocycles. The van der Waals surface area contributed by atoms with Crippen LogP contribution in [0.3, 0.4) is 0 Å². The Balaban J connectivity index is 1.89. The minimum absolute atomic E-state index is 0.0336. The van der Waals surface area contributed by atoms with Gasteiger partial charge in [0.1, 0.15) is 0 Å². The molecule has 0 aliphatic heterocycles. The molecule has 2 heterocycles. The molecule has 0 aliphatic rings. The molecule has 3 aromatic rings. The van der Waals surface area contributed by atoms with Gasteiger partial charge >= 0.3 is 0 Å². The summed E-state index contributed by atoms with van der Waals surface area (Å²) in [5.74, 6) is 0.0336. The summed E-state index contributed by atoms with van der Waals surface area (Å²) in [6.45, 7) is 0. The molecule has 94 valence electrons. The monoisotopic (exact) mass is 252 g/mol. The summed E-state index contributed by atoms with van der Waals surface area (Å²) in [5.41, 5.74) is 2.24. The average Bonchev–Trinajstić information content (AvgIpc) is 2.83. The SMILES string of the molecule is Cn1cc(CC(=O)c2ccc3ncccc3c2)nn1. The Morgan fingerprint density at radius 3 is 3.00 bits per heavy atom. The number of aryl methyl sites for hydroxylation is 1. The Morgan fingerprint density at radius 1 is 1.32 bits per heavy atom. The van der Waals surface area contributed by atoms with Crippen LogP contribution in [0.1, 0.15) is 16.1 Å². The van der Waals surface area contributed by atoms with E-state index in [1.165, 1.54) is 0 Å². The lowest BCUT2D eigenvalue weighted by atomic mass is 10.0. The predicted molar refractivity (Wildman–Crippen MR) is 70.8 cm³/mol. The highest BCUT2D eigenvalue weighted by Crippen LogP contribution is 2.14. The number of carbonyl (C=O) groups is 1. The summed E-state index contributed by atoms with van der Waals surface area (Å²) in [7, 11) is 1.78. The highest BCUT2D eigenvalue weighted by Gasteiger charge is 2.10. The van der Waals surface area contributed by atoms with Crippen LogP contribution >= 0.6 is 0 Å². The van der Waals surface area contributed by atoms with Gasteiger partial charge in [-0.15, -0.1) is 5.10 Å². The van der Waals surface area contributed by atoms with Gasteiger partial charge in [0.15, 0.2) is 5.78 Å². The van der Waals surface area contributed by atoms with Gasteiger partial charge in [0.2, 0.25) is 0 Å². The first kappa shape index (κ1) is 11.5. The normalized spacial score (nSPS) is 10.8. The van der Waals surface area contributed by atoms with E-state index in [4.69, 9.17) is 0 Å². The van der Waals surface area contributed by atoms with Crippen molar-refractivity contribution in [2.75, 3.05) is 0 Å².